The van der Waals surface area contributed by atoms with Crippen molar-refractivity contribution < 1.29 is 9.59 Å². The van der Waals surface area contributed by atoms with Crippen LogP contribution in [0.1, 0.15) is 61.8 Å². The van der Waals surface area contributed by atoms with Gasteiger partial charge in [-0.2, -0.15) is 0 Å². The first kappa shape index (κ1) is 19.0. The lowest BCUT2D eigenvalue weighted by Gasteiger charge is -2.22. The topological polar surface area (TPSA) is 46.2 Å². The van der Waals surface area contributed by atoms with Gasteiger partial charge in [-0.3, -0.25) is 9.59 Å². The minimum absolute atomic E-state index is 0.0387. The predicted molar refractivity (Wildman–Crippen MR) is 101 cm³/mol. The molecule has 1 amide bonds. The highest BCUT2D eigenvalue weighted by molar-refractivity contribution is 5.94. The standard InChI is InChI=1S/C22H27NO2/c1-8-16-9-13(2)20(14(3)10-16)21-15(4)17(11-18(21)24)12-19(25)23-22(5,6)7/h1,9-10,17,21H,4,11-12H2,2-3,5-7H3,(H,23,25). The first-order chi connectivity index (χ1) is 11.5. The monoisotopic (exact) mass is 337 g/mol. The molecule has 0 aromatic heterocycles. The zero-order valence-electron chi connectivity index (χ0n) is 15.8. The lowest BCUT2D eigenvalue weighted by molar-refractivity contribution is -0.123. The van der Waals surface area contributed by atoms with Crippen molar-refractivity contribution in [3.63, 3.8) is 0 Å². The zero-order valence-corrected chi connectivity index (χ0v) is 15.8. The fourth-order valence-electron chi connectivity index (χ4n) is 3.69. The Morgan fingerprint density at radius 1 is 1.32 bits per heavy atom. The van der Waals surface area contributed by atoms with Gasteiger partial charge >= 0.3 is 0 Å². The molecule has 1 aromatic carbocycles. The van der Waals surface area contributed by atoms with E-state index in [4.69, 9.17) is 6.42 Å². The summed E-state index contributed by atoms with van der Waals surface area (Å²) in [6.45, 7) is 14.0. The molecule has 0 heterocycles. The molecule has 2 unspecified atom stereocenters. The first-order valence-electron chi connectivity index (χ1n) is 8.63. The molecule has 1 aliphatic rings. The number of benzene rings is 1. The summed E-state index contributed by atoms with van der Waals surface area (Å²) in [5, 5.41) is 2.96. The van der Waals surface area contributed by atoms with Crippen LogP contribution < -0.4 is 5.32 Å². The first-order valence-corrected chi connectivity index (χ1v) is 8.63. The van der Waals surface area contributed by atoms with Crippen molar-refractivity contribution in [1.29, 1.82) is 0 Å². The van der Waals surface area contributed by atoms with Crippen LogP contribution in [0.3, 0.4) is 0 Å². The average molecular weight is 337 g/mol. The highest BCUT2D eigenvalue weighted by atomic mass is 16.2. The molecule has 0 bridgehead atoms. The second-order valence-electron chi connectivity index (χ2n) is 8.05. The van der Waals surface area contributed by atoms with E-state index in [0.29, 0.717) is 12.8 Å². The number of nitrogens with one attached hydrogen (secondary N) is 1. The molecule has 1 saturated carbocycles. The van der Waals surface area contributed by atoms with Crippen LogP contribution in [-0.4, -0.2) is 17.2 Å². The van der Waals surface area contributed by atoms with Gasteiger partial charge in [0.25, 0.3) is 0 Å². The predicted octanol–water partition coefficient (Wildman–Crippen LogP) is 3.82. The fraction of sp³-hybridized carbons (Fsp3) is 0.455. The summed E-state index contributed by atoms with van der Waals surface area (Å²) < 4.78 is 0. The quantitative estimate of drug-likeness (QED) is 0.673. The van der Waals surface area contributed by atoms with Crippen molar-refractivity contribution in [2.45, 2.75) is 58.9 Å². The third-order valence-corrected chi connectivity index (χ3v) is 4.66. The van der Waals surface area contributed by atoms with Crippen LogP contribution in [-0.2, 0) is 9.59 Å². The van der Waals surface area contributed by atoms with Crippen molar-refractivity contribution in [2.75, 3.05) is 0 Å². The number of carbonyl (C=O) groups excluding carboxylic acids is 2. The Bertz CT molecular complexity index is 751. The molecule has 0 spiro atoms. The van der Waals surface area contributed by atoms with E-state index in [9.17, 15) is 9.59 Å². The SMILES string of the molecule is C#Cc1cc(C)c(C2C(=C)C(CC(=O)NC(C)(C)C)CC2=O)c(C)c1. The smallest absolute Gasteiger partial charge is 0.221 e. The van der Waals surface area contributed by atoms with Crippen LogP contribution in [0.4, 0.5) is 0 Å². The molecule has 0 aliphatic heterocycles. The normalized spacial score (nSPS) is 20.5. The Kier molecular flexibility index (Phi) is 5.23. The highest BCUT2D eigenvalue weighted by Crippen LogP contribution is 2.43. The molecule has 0 radical (unpaired) electrons. The van der Waals surface area contributed by atoms with Gasteiger partial charge in [0.2, 0.25) is 5.91 Å². The van der Waals surface area contributed by atoms with Gasteiger partial charge in [0.1, 0.15) is 5.78 Å². The molecule has 0 saturated heterocycles. The minimum Gasteiger partial charge on any atom is -0.351 e. The number of hydrogen-bond acceptors (Lipinski definition) is 2. The van der Waals surface area contributed by atoms with Crippen molar-refractivity contribution >= 4 is 11.7 Å². The van der Waals surface area contributed by atoms with E-state index in [1.54, 1.807) is 0 Å². The number of rotatable bonds is 3. The van der Waals surface area contributed by atoms with Gasteiger partial charge in [-0.05, 0) is 69.4 Å². The van der Waals surface area contributed by atoms with Crippen molar-refractivity contribution in [2.24, 2.45) is 5.92 Å². The number of hydrogen-bond donors (Lipinski definition) is 1. The lowest BCUT2D eigenvalue weighted by atomic mass is 9.84. The second kappa shape index (κ2) is 6.88. The third kappa shape index (κ3) is 4.20. The number of allylic oxidation sites excluding steroid dienone is 1. The van der Waals surface area contributed by atoms with Gasteiger partial charge in [0, 0.05) is 23.9 Å². The summed E-state index contributed by atoms with van der Waals surface area (Å²) in [6.07, 6.45) is 6.17. The fourth-order valence-corrected chi connectivity index (χ4v) is 3.69. The van der Waals surface area contributed by atoms with E-state index < -0.39 is 0 Å². The maximum Gasteiger partial charge on any atom is 0.221 e. The number of carbonyl (C=O) groups is 2. The molecule has 25 heavy (non-hydrogen) atoms. The van der Waals surface area contributed by atoms with Crippen LogP contribution in [0.2, 0.25) is 0 Å². The van der Waals surface area contributed by atoms with Crippen LogP contribution >= 0.6 is 0 Å². The molecule has 1 aromatic rings. The zero-order chi connectivity index (χ0) is 18.9. The van der Waals surface area contributed by atoms with E-state index in [1.807, 2.05) is 46.8 Å². The van der Waals surface area contributed by atoms with E-state index in [0.717, 1.165) is 27.8 Å². The molecular weight excluding hydrogens is 310 g/mol. The van der Waals surface area contributed by atoms with Crippen molar-refractivity contribution in [3.05, 3.63) is 46.5 Å². The van der Waals surface area contributed by atoms with Crippen molar-refractivity contribution in [3.8, 4) is 12.3 Å². The van der Waals surface area contributed by atoms with Gasteiger partial charge in [0.05, 0.1) is 5.92 Å². The van der Waals surface area contributed by atoms with Crippen LogP contribution in [0.25, 0.3) is 0 Å². The molecule has 1 fully saturated rings. The number of Topliss-reactive ketones (excluding diaryl/α,β-unsaturated/α-hetero) is 1. The maximum absolute atomic E-state index is 12.7. The van der Waals surface area contributed by atoms with Crippen LogP contribution in [0.15, 0.2) is 24.3 Å². The Morgan fingerprint density at radius 2 is 1.88 bits per heavy atom. The minimum atomic E-state index is -0.334. The largest absolute Gasteiger partial charge is 0.351 e. The molecule has 3 heteroatoms. The lowest BCUT2D eigenvalue weighted by Crippen LogP contribution is -2.41. The summed E-state index contributed by atoms with van der Waals surface area (Å²) >= 11 is 0. The molecule has 1 N–H and O–H groups in total. The summed E-state index contributed by atoms with van der Waals surface area (Å²) in [5.74, 6) is 2.30. The van der Waals surface area contributed by atoms with Crippen molar-refractivity contribution in [1.82, 2.24) is 5.32 Å². The van der Waals surface area contributed by atoms with E-state index in [1.165, 1.54) is 0 Å². The van der Waals surface area contributed by atoms with Gasteiger partial charge in [-0.15, -0.1) is 6.42 Å². The summed E-state index contributed by atoms with van der Waals surface area (Å²) in [7, 11) is 0. The van der Waals surface area contributed by atoms with Gasteiger partial charge < -0.3 is 5.32 Å². The molecule has 3 nitrogen and oxygen atoms in total. The Hall–Kier alpha value is -2.34. The number of amides is 1. The van der Waals surface area contributed by atoms with E-state index in [2.05, 4.69) is 17.8 Å². The summed E-state index contributed by atoms with van der Waals surface area (Å²) in [5.41, 5.74) is 4.38. The van der Waals surface area contributed by atoms with E-state index >= 15 is 0 Å². The van der Waals surface area contributed by atoms with Gasteiger partial charge in [-0.25, -0.2) is 0 Å². The Labute approximate surface area is 150 Å². The molecule has 2 rings (SSSR count). The van der Waals surface area contributed by atoms with E-state index in [-0.39, 0.29) is 29.1 Å². The molecule has 1 aliphatic carbocycles. The molecule has 2 atom stereocenters. The molecular formula is C22H27NO2. The Morgan fingerprint density at radius 3 is 2.36 bits per heavy atom. The highest BCUT2D eigenvalue weighted by Gasteiger charge is 2.39. The third-order valence-electron chi connectivity index (χ3n) is 4.66. The molecule has 132 valence electrons. The van der Waals surface area contributed by atoms with Gasteiger partial charge in [-0.1, -0.05) is 18.1 Å². The summed E-state index contributed by atoms with van der Waals surface area (Å²) in [4.78, 5) is 24.9. The maximum atomic E-state index is 12.7. The van der Waals surface area contributed by atoms with Gasteiger partial charge in [0.15, 0.2) is 0 Å². The number of ketones is 1. The Balaban J connectivity index is 2.26. The number of terminal acetylenes is 1. The second-order valence-corrected chi connectivity index (χ2v) is 8.05. The van der Waals surface area contributed by atoms with Crippen LogP contribution in [0, 0.1) is 32.1 Å². The van der Waals surface area contributed by atoms with Crippen LogP contribution in [0.5, 0.6) is 0 Å². The summed E-state index contributed by atoms with van der Waals surface area (Å²) in [6, 6.07) is 3.87. The average Bonchev–Trinajstić information content (AvgIpc) is 2.72. The number of aryl methyl sites for hydroxylation is 2.